The number of ether oxygens (including phenoxy) is 1. The highest BCUT2D eigenvalue weighted by Gasteiger charge is 2.02. The van der Waals surface area contributed by atoms with E-state index in [4.69, 9.17) is 10.5 Å². The van der Waals surface area contributed by atoms with Crippen LogP contribution in [0.5, 0.6) is 11.5 Å². The lowest BCUT2D eigenvalue weighted by Crippen LogP contribution is -2.24. The molecule has 0 atom stereocenters. The van der Waals surface area contributed by atoms with E-state index >= 15 is 0 Å². The Labute approximate surface area is 136 Å². The van der Waals surface area contributed by atoms with Gasteiger partial charge in [0.25, 0.3) is 0 Å². The van der Waals surface area contributed by atoms with E-state index in [0.717, 1.165) is 22.6 Å². The van der Waals surface area contributed by atoms with Crippen molar-refractivity contribution in [2.75, 3.05) is 0 Å². The second-order valence-corrected chi connectivity index (χ2v) is 5.56. The van der Waals surface area contributed by atoms with Gasteiger partial charge in [-0.2, -0.15) is 5.10 Å². The molecule has 0 aliphatic rings. The van der Waals surface area contributed by atoms with Crippen LogP contribution in [0.4, 0.5) is 4.79 Å². The van der Waals surface area contributed by atoms with Crippen LogP contribution in [0.15, 0.2) is 47.6 Å². The average Bonchev–Trinajstić information content (AvgIpc) is 2.43. The molecule has 0 saturated carbocycles. The van der Waals surface area contributed by atoms with E-state index in [1.165, 1.54) is 9.78 Å². The number of hydrogen-bond acceptors (Lipinski definition) is 3. The molecular weight excluding hydrogens is 381 g/mol. The third-order valence-corrected chi connectivity index (χ3v) is 3.30. The van der Waals surface area contributed by atoms with Crippen molar-refractivity contribution in [2.45, 2.75) is 6.92 Å². The maximum absolute atomic E-state index is 10.5. The molecule has 0 radical (unpaired) electrons. The molecule has 108 valence electrons. The van der Waals surface area contributed by atoms with E-state index in [0.29, 0.717) is 0 Å². The van der Waals surface area contributed by atoms with E-state index in [-0.39, 0.29) is 0 Å². The number of nitrogens with zero attached hydrogens (tertiary/aromatic N) is 1. The van der Waals surface area contributed by atoms with Crippen LogP contribution in [0.25, 0.3) is 0 Å². The molecule has 0 heterocycles. The molecule has 2 amide bonds. The van der Waals surface area contributed by atoms with Gasteiger partial charge in [-0.3, -0.25) is 0 Å². The fourth-order valence-electron chi connectivity index (χ4n) is 1.65. The molecule has 0 fully saturated rings. The molecule has 0 aromatic heterocycles. The van der Waals surface area contributed by atoms with Crippen LogP contribution in [0.1, 0.15) is 11.1 Å². The molecule has 0 aliphatic heterocycles. The molecule has 6 heteroatoms. The van der Waals surface area contributed by atoms with Crippen LogP contribution < -0.4 is 15.9 Å². The van der Waals surface area contributed by atoms with Crippen molar-refractivity contribution in [3.8, 4) is 11.5 Å². The fraction of sp³-hybridized carbons (Fsp3) is 0.0667. The number of amides is 2. The molecule has 0 spiro atoms. The van der Waals surface area contributed by atoms with Crippen molar-refractivity contribution < 1.29 is 9.53 Å². The third kappa shape index (κ3) is 4.75. The molecule has 5 nitrogen and oxygen atoms in total. The second-order valence-electron chi connectivity index (χ2n) is 4.32. The third-order valence-electron chi connectivity index (χ3n) is 2.63. The number of nitrogens with one attached hydrogen (secondary N) is 1. The summed E-state index contributed by atoms with van der Waals surface area (Å²) in [5, 5.41) is 3.69. The van der Waals surface area contributed by atoms with Crippen LogP contribution in [-0.4, -0.2) is 12.2 Å². The predicted octanol–water partition coefficient (Wildman–Crippen LogP) is 3.39. The Morgan fingerprint density at radius 1 is 1.29 bits per heavy atom. The van der Waals surface area contributed by atoms with E-state index in [1.807, 2.05) is 43.3 Å². The smallest absolute Gasteiger partial charge is 0.332 e. The number of carbonyl (C=O) groups is 1. The molecule has 0 aliphatic carbocycles. The van der Waals surface area contributed by atoms with Crippen molar-refractivity contribution in [2.24, 2.45) is 10.8 Å². The first kappa shape index (κ1) is 15.3. The summed E-state index contributed by atoms with van der Waals surface area (Å²) in [7, 11) is 0. The van der Waals surface area contributed by atoms with Gasteiger partial charge in [0.15, 0.2) is 0 Å². The van der Waals surface area contributed by atoms with Crippen molar-refractivity contribution in [3.63, 3.8) is 0 Å². The van der Waals surface area contributed by atoms with E-state index in [9.17, 15) is 4.79 Å². The standard InChI is InChI=1S/C15H14IN3O2/c1-10-8-12(16)4-7-14(10)21-13-5-2-11(3-6-13)9-18-19-15(17)20/h2-9H,1H3,(H3,17,19,20)/b18-9-. The predicted molar refractivity (Wildman–Crippen MR) is 90.7 cm³/mol. The number of aryl methyl sites for hydroxylation is 1. The fourth-order valence-corrected chi connectivity index (χ4v) is 2.29. The number of hydrogen-bond donors (Lipinski definition) is 2. The lowest BCUT2D eigenvalue weighted by atomic mass is 10.2. The van der Waals surface area contributed by atoms with Crippen LogP contribution in [-0.2, 0) is 0 Å². The van der Waals surface area contributed by atoms with Crippen LogP contribution in [0, 0.1) is 10.5 Å². The van der Waals surface area contributed by atoms with Gasteiger partial charge in [-0.05, 0) is 83.1 Å². The van der Waals surface area contributed by atoms with Gasteiger partial charge in [-0.15, -0.1) is 0 Å². The van der Waals surface area contributed by atoms with Crippen LogP contribution in [0.3, 0.4) is 0 Å². The molecule has 21 heavy (non-hydrogen) atoms. The number of carbonyl (C=O) groups excluding carboxylic acids is 1. The monoisotopic (exact) mass is 395 g/mol. The quantitative estimate of drug-likeness (QED) is 0.473. The summed E-state index contributed by atoms with van der Waals surface area (Å²) in [6, 6.07) is 12.7. The average molecular weight is 395 g/mol. The van der Waals surface area contributed by atoms with Gasteiger partial charge in [0.1, 0.15) is 11.5 Å². The topological polar surface area (TPSA) is 76.7 Å². The molecular formula is C15H14IN3O2. The Bertz CT molecular complexity index is 669. The molecule has 2 rings (SSSR count). The zero-order valence-electron chi connectivity index (χ0n) is 11.3. The minimum atomic E-state index is -0.694. The van der Waals surface area contributed by atoms with Gasteiger partial charge >= 0.3 is 6.03 Å². The largest absolute Gasteiger partial charge is 0.457 e. The summed E-state index contributed by atoms with van der Waals surface area (Å²) < 4.78 is 7.00. The zero-order chi connectivity index (χ0) is 15.2. The van der Waals surface area contributed by atoms with E-state index < -0.39 is 6.03 Å². The van der Waals surface area contributed by atoms with Gasteiger partial charge in [-0.1, -0.05) is 0 Å². The number of rotatable bonds is 4. The normalized spacial score (nSPS) is 10.6. The molecule has 0 bridgehead atoms. The maximum atomic E-state index is 10.5. The van der Waals surface area contributed by atoms with E-state index in [2.05, 4.69) is 39.2 Å². The summed E-state index contributed by atoms with van der Waals surface area (Å²) in [6.45, 7) is 2.01. The molecule has 2 aromatic rings. The molecule has 2 aromatic carbocycles. The number of urea groups is 1. The van der Waals surface area contributed by atoms with Crippen molar-refractivity contribution in [3.05, 3.63) is 57.2 Å². The van der Waals surface area contributed by atoms with Crippen molar-refractivity contribution in [1.29, 1.82) is 0 Å². The summed E-state index contributed by atoms with van der Waals surface area (Å²) in [5.41, 5.74) is 8.96. The van der Waals surface area contributed by atoms with Gasteiger partial charge in [0, 0.05) is 3.57 Å². The summed E-state index contributed by atoms with van der Waals surface area (Å²) in [5.74, 6) is 1.56. The first-order valence-corrected chi connectivity index (χ1v) is 7.25. The minimum absolute atomic E-state index is 0.694. The molecule has 3 N–H and O–H groups in total. The summed E-state index contributed by atoms with van der Waals surface area (Å²) in [6.07, 6.45) is 1.50. The Balaban J connectivity index is 2.05. The lowest BCUT2D eigenvalue weighted by Gasteiger charge is -2.09. The highest BCUT2D eigenvalue weighted by atomic mass is 127. The lowest BCUT2D eigenvalue weighted by molar-refractivity contribution is 0.249. The Morgan fingerprint density at radius 2 is 2.00 bits per heavy atom. The first-order chi connectivity index (χ1) is 10.0. The highest BCUT2D eigenvalue weighted by molar-refractivity contribution is 14.1. The first-order valence-electron chi connectivity index (χ1n) is 6.17. The van der Waals surface area contributed by atoms with Crippen molar-refractivity contribution in [1.82, 2.24) is 5.43 Å². The van der Waals surface area contributed by atoms with E-state index in [1.54, 1.807) is 0 Å². The van der Waals surface area contributed by atoms with Gasteiger partial charge in [0.2, 0.25) is 0 Å². The second kappa shape index (κ2) is 7.07. The number of benzene rings is 2. The van der Waals surface area contributed by atoms with Gasteiger partial charge < -0.3 is 10.5 Å². The SMILES string of the molecule is Cc1cc(I)ccc1Oc1ccc(/C=N\NC(N)=O)cc1. The Morgan fingerprint density at radius 3 is 2.62 bits per heavy atom. The van der Waals surface area contributed by atoms with Crippen LogP contribution in [0.2, 0.25) is 0 Å². The Hall–Kier alpha value is -2.09. The number of nitrogens with two attached hydrogens (primary N) is 1. The highest BCUT2D eigenvalue weighted by Crippen LogP contribution is 2.26. The number of primary amides is 1. The van der Waals surface area contributed by atoms with Crippen molar-refractivity contribution >= 4 is 34.8 Å². The molecule has 0 unspecified atom stereocenters. The Kier molecular flexibility index (Phi) is 5.15. The maximum Gasteiger partial charge on any atom is 0.332 e. The molecule has 0 saturated heterocycles. The summed E-state index contributed by atoms with van der Waals surface area (Å²) >= 11 is 2.27. The van der Waals surface area contributed by atoms with Gasteiger partial charge in [0.05, 0.1) is 6.21 Å². The minimum Gasteiger partial charge on any atom is -0.457 e. The summed E-state index contributed by atoms with van der Waals surface area (Å²) in [4.78, 5) is 10.5. The number of halogens is 1. The zero-order valence-corrected chi connectivity index (χ0v) is 13.5. The van der Waals surface area contributed by atoms with Gasteiger partial charge in [-0.25, -0.2) is 10.2 Å². The number of hydrazone groups is 1. The van der Waals surface area contributed by atoms with Crippen LogP contribution >= 0.6 is 22.6 Å².